The Bertz CT molecular complexity index is 1440. The van der Waals surface area contributed by atoms with Gasteiger partial charge in [0.25, 0.3) is 0 Å². The highest BCUT2D eigenvalue weighted by Crippen LogP contribution is 2.36. The summed E-state index contributed by atoms with van der Waals surface area (Å²) in [5.41, 5.74) is 9.45. The lowest BCUT2D eigenvalue weighted by Gasteiger charge is -2.26. The molecule has 0 radical (unpaired) electrons. The summed E-state index contributed by atoms with van der Waals surface area (Å²) in [6.45, 7) is 9.08. The predicted molar refractivity (Wildman–Crippen MR) is 135 cm³/mol. The van der Waals surface area contributed by atoms with Crippen LogP contribution >= 0.6 is 0 Å². The first-order chi connectivity index (χ1) is 17.2. The number of aromatic nitrogens is 4. The summed E-state index contributed by atoms with van der Waals surface area (Å²) >= 11 is 0. The molecule has 0 saturated carbocycles. The lowest BCUT2D eigenvalue weighted by Crippen LogP contribution is -2.39. The van der Waals surface area contributed by atoms with E-state index in [1.54, 1.807) is 19.1 Å². The molecule has 0 aliphatic heterocycles. The van der Waals surface area contributed by atoms with Gasteiger partial charge in [0.05, 0.1) is 16.8 Å². The fourth-order valence-corrected chi connectivity index (χ4v) is 3.69. The average Bonchev–Trinajstić information content (AvgIpc) is 2.85. The summed E-state index contributed by atoms with van der Waals surface area (Å²) in [4.78, 5) is 28.5. The minimum absolute atomic E-state index is 0.0190. The average molecular weight is 485 g/mol. The zero-order valence-electron chi connectivity index (χ0n) is 20.1. The van der Waals surface area contributed by atoms with Crippen LogP contribution in [-0.4, -0.2) is 25.8 Å². The lowest BCUT2D eigenvalue weighted by molar-refractivity contribution is -0.118. The molecule has 9 heteroatoms. The molecule has 182 valence electrons. The van der Waals surface area contributed by atoms with Crippen LogP contribution in [0.25, 0.3) is 22.4 Å². The Kier molecular flexibility index (Phi) is 6.73. The number of halogens is 1. The standard InChI is InChI=1S/C27H25FN6O2/c1-5-22(35)34-27(3,4)19-9-6-17(7-10-19)24-23(25(29)32-15-31-24)18-8-11-21(20(28)14-18)36-26-30-13-12-16(2)33-26/h5-15H,1H2,2-4H3,(H,34,35)(H2,29,31,32). The molecule has 4 aromatic rings. The number of ether oxygens (including phenoxy) is 1. The molecule has 0 aliphatic rings. The maximum Gasteiger partial charge on any atom is 0.322 e. The number of anilines is 1. The first kappa shape index (κ1) is 24.5. The molecule has 1 amide bonds. The number of hydrogen-bond donors (Lipinski definition) is 2. The molecule has 0 spiro atoms. The third-order valence-corrected chi connectivity index (χ3v) is 5.57. The van der Waals surface area contributed by atoms with Gasteiger partial charge in [0, 0.05) is 17.5 Å². The Morgan fingerprint density at radius 1 is 1.08 bits per heavy atom. The summed E-state index contributed by atoms with van der Waals surface area (Å²) in [5, 5.41) is 2.89. The fourth-order valence-electron chi connectivity index (χ4n) is 3.69. The molecular weight excluding hydrogens is 459 g/mol. The molecule has 0 atom stereocenters. The smallest absolute Gasteiger partial charge is 0.322 e. The van der Waals surface area contributed by atoms with E-state index in [1.165, 1.54) is 30.7 Å². The lowest BCUT2D eigenvalue weighted by atomic mass is 9.92. The number of nitrogens with zero attached hydrogens (tertiary/aromatic N) is 4. The van der Waals surface area contributed by atoms with E-state index in [0.717, 1.165) is 11.1 Å². The Balaban J connectivity index is 1.67. The zero-order chi connectivity index (χ0) is 25.9. The summed E-state index contributed by atoms with van der Waals surface area (Å²) in [7, 11) is 0. The third kappa shape index (κ3) is 5.20. The molecule has 3 N–H and O–H groups in total. The highest BCUT2D eigenvalue weighted by atomic mass is 19.1. The van der Waals surface area contributed by atoms with E-state index in [9.17, 15) is 4.79 Å². The number of aryl methyl sites for hydroxylation is 1. The van der Waals surface area contributed by atoms with Gasteiger partial charge in [0.15, 0.2) is 11.6 Å². The third-order valence-electron chi connectivity index (χ3n) is 5.57. The largest absolute Gasteiger partial charge is 0.421 e. The van der Waals surface area contributed by atoms with Crippen molar-refractivity contribution in [3.05, 3.63) is 90.8 Å². The molecular formula is C27H25FN6O2. The van der Waals surface area contributed by atoms with Crippen LogP contribution in [-0.2, 0) is 10.3 Å². The van der Waals surface area contributed by atoms with E-state index in [2.05, 4.69) is 31.8 Å². The van der Waals surface area contributed by atoms with Gasteiger partial charge in [0.1, 0.15) is 12.1 Å². The predicted octanol–water partition coefficient (Wildman–Crippen LogP) is 4.96. The Morgan fingerprint density at radius 2 is 1.81 bits per heavy atom. The highest BCUT2D eigenvalue weighted by molar-refractivity contribution is 5.88. The van der Waals surface area contributed by atoms with Gasteiger partial charge < -0.3 is 15.8 Å². The normalized spacial score (nSPS) is 11.1. The number of nitrogens with two attached hydrogens (primary N) is 1. The Labute approximate surface area is 208 Å². The van der Waals surface area contributed by atoms with Crippen LogP contribution in [0.3, 0.4) is 0 Å². The second kappa shape index (κ2) is 9.91. The van der Waals surface area contributed by atoms with Crippen LogP contribution in [0.1, 0.15) is 25.1 Å². The second-order valence-electron chi connectivity index (χ2n) is 8.61. The number of rotatable bonds is 7. The molecule has 4 rings (SSSR count). The molecule has 0 bridgehead atoms. The number of carbonyl (C=O) groups is 1. The maximum atomic E-state index is 15.0. The van der Waals surface area contributed by atoms with E-state index in [0.29, 0.717) is 22.5 Å². The number of nitrogens with one attached hydrogen (secondary N) is 1. The van der Waals surface area contributed by atoms with Gasteiger partial charge >= 0.3 is 6.01 Å². The Morgan fingerprint density at radius 3 is 2.47 bits per heavy atom. The SMILES string of the molecule is C=CC(=O)NC(C)(C)c1ccc(-c2ncnc(N)c2-c2ccc(Oc3nccc(C)n3)c(F)c2)cc1. The number of benzene rings is 2. The molecule has 0 saturated heterocycles. The van der Waals surface area contributed by atoms with Crippen LogP contribution in [0.5, 0.6) is 11.8 Å². The van der Waals surface area contributed by atoms with Gasteiger partial charge in [-0.15, -0.1) is 0 Å². The van der Waals surface area contributed by atoms with Crippen molar-refractivity contribution in [1.82, 2.24) is 25.3 Å². The van der Waals surface area contributed by atoms with Gasteiger partial charge in [-0.1, -0.05) is 36.9 Å². The van der Waals surface area contributed by atoms with Gasteiger partial charge in [0.2, 0.25) is 5.91 Å². The first-order valence-corrected chi connectivity index (χ1v) is 11.1. The van der Waals surface area contributed by atoms with Crippen LogP contribution in [0.2, 0.25) is 0 Å². The number of carbonyl (C=O) groups excluding carboxylic acids is 1. The van der Waals surface area contributed by atoms with Crippen molar-refractivity contribution >= 4 is 11.7 Å². The number of amides is 1. The summed E-state index contributed by atoms with van der Waals surface area (Å²) in [5.74, 6) is -0.688. The van der Waals surface area contributed by atoms with Gasteiger partial charge in [-0.05, 0) is 56.2 Å². The molecule has 2 aromatic heterocycles. The van der Waals surface area contributed by atoms with Crippen molar-refractivity contribution in [3.8, 4) is 34.1 Å². The van der Waals surface area contributed by atoms with E-state index >= 15 is 4.39 Å². The zero-order valence-corrected chi connectivity index (χ0v) is 20.1. The highest BCUT2D eigenvalue weighted by Gasteiger charge is 2.22. The first-order valence-electron chi connectivity index (χ1n) is 11.1. The van der Waals surface area contributed by atoms with Gasteiger partial charge in [-0.25, -0.2) is 24.3 Å². The topological polar surface area (TPSA) is 116 Å². The summed E-state index contributed by atoms with van der Waals surface area (Å²) in [6.07, 6.45) is 4.13. The van der Waals surface area contributed by atoms with Crippen LogP contribution in [0.4, 0.5) is 10.2 Å². The van der Waals surface area contributed by atoms with E-state index in [1.807, 2.05) is 38.1 Å². The number of hydrogen-bond acceptors (Lipinski definition) is 7. The van der Waals surface area contributed by atoms with Crippen molar-refractivity contribution in [3.63, 3.8) is 0 Å². The van der Waals surface area contributed by atoms with Crippen molar-refractivity contribution < 1.29 is 13.9 Å². The molecule has 2 heterocycles. The number of nitrogen functional groups attached to an aromatic ring is 1. The molecule has 2 aromatic carbocycles. The summed E-state index contributed by atoms with van der Waals surface area (Å²) < 4.78 is 20.5. The summed E-state index contributed by atoms with van der Waals surface area (Å²) in [6, 6.07) is 13.8. The minimum atomic E-state index is -0.614. The van der Waals surface area contributed by atoms with Gasteiger partial charge in [-0.3, -0.25) is 4.79 Å². The van der Waals surface area contributed by atoms with E-state index in [4.69, 9.17) is 10.5 Å². The molecule has 0 fully saturated rings. The Hall–Kier alpha value is -4.66. The van der Waals surface area contributed by atoms with E-state index in [-0.39, 0.29) is 23.5 Å². The van der Waals surface area contributed by atoms with Crippen molar-refractivity contribution in [2.75, 3.05) is 5.73 Å². The minimum Gasteiger partial charge on any atom is -0.421 e. The monoisotopic (exact) mass is 484 g/mol. The van der Waals surface area contributed by atoms with E-state index < -0.39 is 11.4 Å². The van der Waals surface area contributed by atoms with Crippen molar-refractivity contribution in [2.24, 2.45) is 0 Å². The van der Waals surface area contributed by atoms with Crippen molar-refractivity contribution in [1.29, 1.82) is 0 Å². The molecule has 8 nitrogen and oxygen atoms in total. The van der Waals surface area contributed by atoms with Crippen LogP contribution in [0, 0.1) is 12.7 Å². The molecule has 0 unspecified atom stereocenters. The molecule has 36 heavy (non-hydrogen) atoms. The van der Waals surface area contributed by atoms with Crippen LogP contribution in [0.15, 0.2) is 73.7 Å². The van der Waals surface area contributed by atoms with Crippen molar-refractivity contribution in [2.45, 2.75) is 26.3 Å². The van der Waals surface area contributed by atoms with Gasteiger partial charge in [-0.2, -0.15) is 0 Å². The molecule has 0 aliphatic carbocycles. The second-order valence-corrected chi connectivity index (χ2v) is 8.61. The fraction of sp³-hybridized carbons (Fsp3) is 0.148. The maximum absolute atomic E-state index is 15.0. The van der Waals surface area contributed by atoms with Crippen LogP contribution < -0.4 is 15.8 Å². The quantitative estimate of drug-likeness (QED) is 0.356.